The van der Waals surface area contributed by atoms with E-state index >= 15 is 0 Å². The fraction of sp³-hybridized carbons (Fsp3) is 0.286. The normalized spacial score (nSPS) is 11.1. The summed E-state index contributed by atoms with van der Waals surface area (Å²) in [6.07, 6.45) is 0.923. The molecule has 2 aromatic rings. The molecule has 0 radical (unpaired) electrons. The van der Waals surface area contributed by atoms with Gasteiger partial charge in [0.15, 0.2) is 5.58 Å². The largest absolute Gasteiger partial charge is 0.462 e. The molecule has 0 fully saturated rings. The molecule has 0 aliphatic heterocycles. The Bertz CT molecular complexity index is 659. The van der Waals surface area contributed by atoms with Gasteiger partial charge in [-0.2, -0.15) is 5.26 Å². The quantitative estimate of drug-likeness (QED) is 0.847. The maximum absolute atomic E-state index is 11.7. The van der Waals surface area contributed by atoms with Gasteiger partial charge in [-0.05, 0) is 39.0 Å². The molecule has 0 saturated carbocycles. The van der Waals surface area contributed by atoms with Crippen LogP contribution in [0.3, 0.4) is 0 Å². The number of nitriles is 1. The average molecular weight is 258 g/mol. The van der Waals surface area contributed by atoms with Crippen molar-refractivity contribution in [1.29, 1.82) is 5.26 Å². The summed E-state index contributed by atoms with van der Waals surface area (Å²) < 4.78 is 10.5. The minimum absolute atomic E-state index is 0.424. The van der Waals surface area contributed by atoms with Crippen LogP contribution in [0.5, 0.6) is 0 Å². The SMILES string of the molecule is CC(C)(C)OC(=O)Nc1cc(C#N)cc2ccoc12. The maximum Gasteiger partial charge on any atom is 0.412 e. The topological polar surface area (TPSA) is 75.3 Å². The van der Waals surface area contributed by atoms with E-state index in [-0.39, 0.29) is 0 Å². The molecule has 0 unspecified atom stereocenters. The number of benzene rings is 1. The monoisotopic (exact) mass is 258 g/mol. The highest BCUT2D eigenvalue weighted by Gasteiger charge is 2.18. The fourth-order valence-corrected chi connectivity index (χ4v) is 1.65. The lowest BCUT2D eigenvalue weighted by atomic mass is 10.1. The molecule has 5 nitrogen and oxygen atoms in total. The third-order valence-electron chi connectivity index (χ3n) is 2.32. The Labute approximate surface area is 110 Å². The number of anilines is 1. The minimum atomic E-state index is -0.584. The van der Waals surface area contributed by atoms with Crippen molar-refractivity contribution >= 4 is 22.7 Å². The first-order chi connectivity index (χ1) is 8.89. The summed E-state index contributed by atoms with van der Waals surface area (Å²) in [5.74, 6) is 0. The van der Waals surface area contributed by atoms with E-state index in [9.17, 15) is 4.79 Å². The summed E-state index contributed by atoms with van der Waals surface area (Å²) in [7, 11) is 0. The van der Waals surface area contributed by atoms with Crippen LogP contribution in [-0.4, -0.2) is 11.7 Å². The Morgan fingerprint density at radius 1 is 1.42 bits per heavy atom. The molecule has 1 heterocycles. The van der Waals surface area contributed by atoms with Crippen molar-refractivity contribution in [2.75, 3.05) is 5.32 Å². The van der Waals surface area contributed by atoms with Crippen LogP contribution in [0.2, 0.25) is 0 Å². The van der Waals surface area contributed by atoms with Gasteiger partial charge in [0.05, 0.1) is 23.6 Å². The predicted octanol–water partition coefficient (Wildman–Crippen LogP) is 3.65. The third-order valence-corrected chi connectivity index (χ3v) is 2.32. The number of hydrogen-bond donors (Lipinski definition) is 1. The zero-order valence-corrected chi connectivity index (χ0v) is 11.0. The first kappa shape index (κ1) is 13.0. The molecule has 1 amide bonds. The molecule has 0 saturated heterocycles. The Hall–Kier alpha value is -2.48. The van der Waals surface area contributed by atoms with Crippen molar-refractivity contribution < 1.29 is 13.9 Å². The molecular weight excluding hydrogens is 244 g/mol. The molecule has 19 heavy (non-hydrogen) atoms. The lowest BCUT2D eigenvalue weighted by Crippen LogP contribution is -2.27. The lowest BCUT2D eigenvalue weighted by molar-refractivity contribution is 0.0636. The maximum atomic E-state index is 11.7. The Morgan fingerprint density at radius 3 is 2.79 bits per heavy atom. The highest BCUT2D eigenvalue weighted by molar-refractivity contribution is 5.97. The van der Waals surface area contributed by atoms with E-state index in [1.54, 1.807) is 39.0 Å². The van der Waals surface area contributed by atoms with Gasteiger partial charge < -0.3 is 9.15 Å². The van der Waals surface area contributed by atoms with Crippen molar-refractivity contribution in [2.45, 2.75) is 26.4 Å². The van der Waals surface area contributed by atoms with Gasteiger partial charge in [0.25, 0.3) is 0 Å². The number of nitrogens with one attached hydrogen (secondary N) is 1. The van der Waals surface area contributed by atoms with Gasteiger partial charge in [0, 0.05) is 5.39 Å². The number of nitrogens with zero attached hydrogens (tertiary/aromatic N) is 1. The molecule has 0 aliphatic carbocycles. The number of ether oxygens (including phenoxy) is 1. The van der Waals surface area contributed by atoms with Crippen molar-refractivity contribution in [2.24, 2.45) is 0 Å². The van der Waals surface area contributed by atoms with E-state index in [0.29, 0.717) is 16.8 Å². The highest BCUT2D eigenvalue weighted by Crippen LogP contribution is 2.26. The van der Waals surface area contributed by atoms with Crippen molar-refractivity contribution in [3.8, 4) is 6.07 Å². The summed E-state index contributed by atoms with van der Waals surface area (Å²) in [6, 6.07) is 7.01. The van der Waals surface area contributed by atoms with Crippen LogP contribution < -0.4 is 5.32 Å². The van der Waals surface area contributed by atoms with Crippen LogP contribution in [0.15, 0.2) is 28.9 Å². The second-order valence-electron chi connectivity index (χ2n) is 5.10. The molecule has 98 valence electrons. The fourth-order valence-electron chi connectivity index (χ4n) is 1.65. The van der Waals surface area contributed by atoms with Crippen LogP contribution in [0.25, 0.3) is 11.0 Å². The molecule has 2 rings (SSSR count). The second kappa shape index (κ2) is 4.65. The van der Waals surface area contributed by atoms with Crippen LogP contribution in [-0.2, 0) is 4.74 Å². The average Bonchev–Trinajstić information content (AvgIpc) is 2.74. The van der Waals surface area contributed by atoms with E-state index in [1.165, 1.54) is 6.26 Å². The van der Waals surface area contributed by atoms with Crippen LogP contribution in [0, 0.1) is 11.3 Å². The summed E-state index contributed by atoms with van der Waals surface area (Å²) in [6.45, 7) is 5.34. The molecule has 1 aromatic carbocycles. The predicted molar refractivity (Wildman–Crippen MR) is 70.8 cm³/mol. The molecular formula is C14H14N2O3. The Balaban J connectivity index is 2.32. The van der Waals surface area contributed by atoms with Gasteiger partial charge >= 0.3 is 6.09 Å². The van der Waals surface area contributed by atoms with Gasteiger partial charge in [0.1, 0.15) is 5.60 Å². The van der Waals surface area contributed by atoms with Crippen molar-refractivity contribution in [3.63, 3.8) is 0 Å². The van der Waals surface area contributed by atoms with Gasteiger partial charge in [-0.15, -0.1) is 0 Å². The van der Waals surface area contributed by atoms with E-state index in [0.717, 1.165) is 5.39 Å². The number of carbonyl (C=O) groups is 1. The summed E-state index contributed by atoms with van der Waals surface area (Å²) in [5.41, 5.74) is 0.803. The Kier molecular flexibility index (Phi) is 3.17. The van der Waals surface area contributed by atoms with Crippen LogP contribution in [0.4, 0.5) is 10.5 Å². The second-order valence-corrected chi connectivity index (χ2v) is 5.10. The number of hydrogen-bond acceptors (Lipinski definition) is 4. The lowest BCUT2D eigenvalue weighted by Gasteiger charge is -2.19. The summed E-state index contributed by atoms with van der Waals surface area (Å²) >= 11 is 0. The zero-order valence-electron chi connectivity index (χ0n) is 11.0. The van der Waals surface area contributed by atoms with E-state index in [4.69, 9.17) is 14.4 Å². The molecule has 0 bridgehead atoms. The van der Waals surface area contributed by atoms with Crippen LogP contribution in [0.1, 0.15) is 26.3 Å². The van der Waals surface area contributed by atoms with E-state index < -0.39 is 11.7 Å². The summed E-state index contributed by atoms with van der Waals surface area (Å²) in [4.78, 5) is 11.7. The Morgan fingerprint density at radius 2 is 2.16 bits per heavy atom. The standard InChI is InChI=1S/C14H14N2O3/c1-14(2,3)19-13(17)16-11-7-9(8-15)6-10-4-5-18-12(10)11/h4-7H,1-3H3,(H,16,17). The van der Waals surface area contributed by atoms with Gasteiger partial charge in [-0.1, -0.05) is 0 Å². The molecule has 0 spiro atoms. The molecule has 1 aromatic heterocycles. The number of carbonyl (C=O) groups excluding carboxylic acids is 1. The molecule has 1 N–H and O–H groups in total. The summed E-state index contributed by atoms with van der Waals surface area (Å²) in [5, 5.41) is 12.3. The molecule has 0 aliphatic rings. The molecule has 0 atom stereocenters. The van der Waals surface area contributed by atoms with Crippen LogP contribution >= 0.6 is 0 Å². The van der Waals surface area contributed by atoms with Gasteiger partial charge in [-0.3, -0.25) is 5.32 Å². The number of furan rings is 1. The van der Waals surface area contributed by atoms with E-state index in [2.05, 4.69) is 5.32 Å². The van der Waals surface area contributed by atoms with Crippen molar-refractivity contribution in [3.05, 3.63) is 30.0 Å². The van der Waals surface area contributed by atoms with E-state index in [1.807, 2.05) is 6.07 Å². The van der Waals surface area contributed by atoms with Crippen molar-refractivity contribution in [1.82, 2.24) is 0 Å². The van der Waals surface area contributed by atoms with Gasteiger partial charge in [0.2, 0.25) is 0 Å². The highest BCUT2D eigenvalue weighted by atomic mass is 16.6. The number of fused-ring (bicyclic) bond motifs is 1. The zero-order chi connectivity index (χ0) is 14.0. The number of rotatable bonds is 1. The number of amides is 1. The first-order valence-electron chi connectivity index (χ1n) is 5.80. The third kappa shape index (κ3) is 3.05. The van der Waals surface area contributed by atoms with Gasteiger partial charge in [-0.25, -0.2) is 4.79 Å². The molecule has 5 heteroatoms. The first-order valence-corrected chi connectivity index (χ1v) is 5.80. The minimum Gasteiger partial charge on any atom is -0.462 e. The smallest absolute Gasteiger partial charge is 0.412 e.